The number of hydrogen-bond acceptors (Lipinski definition) is 4. The summed E-state index contributed by atoms with van der Waals surface area (Å²) in [5, 5.41) is 6.69. The summed E-state index contributed by atoms with van der Waals surface area (Å²) in [6, 6.07) is 0.218. The summed E-state index contributed by atoms with van der Waals surface area (Å²) >= 11 is 5.79. The molecule has 0 aliphatic carbocycles. The number of halogens is 1. The fourth-order valence-electron chi connectivity index (χ4n) is 2.68. The molecular weight excluding hydrogens is 300 g/mol. The van der Waals surface area contributed by atoms with Crippen LogP contribution in [0.2, 0.25) is 0 Å². The summed E-state index contributed by atoms with van der Waals surface area (Å²) < 4.78 is 27.1. The van der Waals surface area contributed by atoms with E-state index < -0.39 is 10.0 Å². The number of H-pyrrole nitrogens is 1. The van der Waals surface area contributed by atoms with E-state index in [1.54, 1.807) is 6.92 Å². The highest BCUT2D eigenvalue weighted by Crippen LogP contribution is 2.25. The van der Waals surface area contributed by atoms with Crippen LogP contribution in [0.5, 0.6) is 0 Å². The molecule has 1 aliphatic rings. The van der Waals surface area contributed by atoms with Crippen LogP contribution in [-0.4, -0.2) is 60.0 Å². The SMILES string of the molecule is CCN1CCN(S(=O)(=O)c2c(CCl)n[nH]c2C)CC1C. The van der Waals surface area contributed by atoms with Crippen molar-refractivity contribution >= 4 is 21.6 Å². The van der Waals surface area contributed by atoms with Gasteiger partial charge in [-0.15, -0.1) is 11.6 Å². The van der Waals surface area contributed by atoms with Crippen LogP contribution in [-0.2, 0) is 15.9 Å². The molecule has 0 bridgehead atoms. The van der Waals surface area contributed by atoms with Gasteiger partial charge in [0.05, 0.1) is 17.3 Å². The number of aryl methyl sites for hydroxylation is 1. The van der Waals surface area contributed by atoms with Crippen LogP contribution in [0.25, 0.3) is 0 Å². The van der Waals surface area contributed by atoms with Crippen LogP contribution in [0.3, 0.4) is 0 Å². The summed E-state index contributed by atoms with van der Waals surface area (Å²) in [5.41, 5.74) is 0.945. The van der Waals surface area contributed by atoms with Gasteiger partial charge in [-0.05, 0) is 20.4 Å². The van der Waals surface area contributed by atoms with Crippen molar-refractivity contribution in [2.45, 2.75) is 37.6 Å². The van der Waals surface area contributed by atoms with Crippen molar-refractivity contribution in [2.75, 3.05) is 26.2 Å². The monoisotopic (exact) mass is 320 g/mol. The topological polar surface area (TPSA) is 69.3 Å². The maximum absolute atomic E-state index is 12.8. The van der Waals surface area contributed by atoms with Crippen LogP contribution >= 0.6 is 11.6 Å². The molecule has 1 fully saturated rings. The molecular formula is C12H21ClN4O2S. The third-order valence-corrected chi connectivity index (χ3v) is 6.14. The van der Waals surface area contributed by atoms with Crippen LogP contribution < -0.4 is 0 Å². The van der Waals surface area contributed by atoms with E-state index in [-0.39, 0.29) is 16.8 Å². The summed E-state index contributed by atoms with van der Waals surface area (Å²) in [7, 11) is -3.53. The summed E-state index contributed by atoms with van der Waals surface area (Å²) in [5.74, 6) is 0.0867. The summed E-state index contributed by atoms with van der Waals surface area (Å²) in [6.45, 7) is 8.55. The highest BCUT2D eigenvalue weighted by atomic mass is 35.5. The fraction of sp³-hybridized carbons (Fsp3) is 0.750. The highest BCUT2D eigenvalue weighted by molar-refractivity contribution is 7.89. The second-order valence-electron chi connectivity index (χ2n) is 5.10. The van der Waals surface area contributed by atoms with E-state index in [0.717, 1.165) is 13.1 Å². The molecule has 0 radical (unpaired) electrons. The molecule has 1 unspecified atom stereocenters. The van der Waals surface area contributed by atoms with E-state index >= 15 is 0 Å². The molecule has 114 valence electrons. The zero-order valence-electron chi connectivity index (χ0n) is 12.1. The number of aromatic amines is 1. The van der Waals surface area contributed by atoms with Crippen molar-refractivity contribution in [3.05, 3.63) is 11.4 Å². The van der Waals surface area contributed by atoms with Gasteiger partial charge >= 0.3 is 0 Å². The van der Waals surface area contributed by atoms with Crippen molar-refractivity contribution < 1.29 is 8.42 Å². The number of piperazine rings is 1. The molecule has 2 rings (SSSR count). The summed E-state index contributed by atoms with van der Waals surface area (Å²) in [6.07, 6.45) is 0. The van der Waals surface area contributed by atoms with Gasteiger partial charge < -0.3 is 0 Å². The van der Waals surface area contributed by atoms with E-state index in [9.17, 15) is 8.42 Å². The van der Waals surface area contributed by atoms with Gasteiger partial charge in [0, 0.05) is 25.7 Å². The lowest BCUT2D eigenvalue weighted by Gasteiger charge is -2.38. The zero-order valence-corrected chi connectivity index (χ0v) is 13.6. The van der Waals surface area contributed by atoms with Crippen LogP contribution in [0.4, 0.5) is 0 Å². The minimum atomic E-state index is -3.53. The lowest BCUT2D eigenvalue weighted by molar-refractivity contribution is 0.135. The number of nitrogens with zero attached hydrogens (tertiary/aromatic N) is 3. The van der Waals surface area contributed by atoms with Gasteiger partial charge in [-0.2, -0.15) is 9.40 Å². The average molecular weight is 321 g/mol. The first-order valence-electron chi connectivity index (χ1n) is 6.75. The minimum Gasteiger partial charge on any atom is -0.298 e. The smallest absolute Gasteiger partial charge is 0.246 e. The van der Waals surface area contributed by atoms with E-state index in [1.165, 1.54) is 4.31 Å². The Morgan fingerprint density at radius 3 is 2.70 bits per heavy atom. The Labute approximate surface area is 125 Å². The minimum absolute atomic E-state index is 0.0867. The molecule has 1 aromatic heterocycles. The maximum Gasteiger partial charge on any atom is 0.246 e. The molecule has 0 amide bonds. The van der Waals surface area contributed by atoms with Gasteiger partial charge in [0.1, 0.15) is 4.90 Å². The zero-order chi connectivity index (χ0) is 14.9. The number of hydrogen-bond donors (Lipinski definition) is 1. The van der Waals surface area contributed by atoms with Gasteiger partial charge in [0.25, 0.3) is 0 Å². The standard InChI is InChI=1S/C12H21ClN4O2S/c1-4-16-5-6-17(8-9(16)2)20(18,19)12-10(3)14-15-11(12)7-13/h9H,4-8H2,1-3H3,(H,14,15). The van der Waals surface area contributed by atoms with E-state index in [2.05, 4.69) is 28.9 Å². The number of nitrogens with one attached hydrogen (secondary N) is 1. The highest BCUT2D eigenvalue weighted by Gasteiger charge is 2.34. The summed E-state index contributed by atoms with van der Waals surface area (Å²) in [4.78, 5) is 2.51. The van der Waals surface area contributed by atoms with Gasteiger partial charge in [0.15, 0.2) is 0 Å². The normalized spacial score (nSPS) is 22.3. The molecule has 6 nitrogen and oxygen atoms in total. The molecule has 1 aromatic rings. The number of rotatable bonds is 4. The first kappa shape index (κ1) is 15.8. The number of likely N-dealkylation sites (N-methyl/N-ethyl adjacent to an activating group) is 1. The maximum atomic E-state index is 12.8. The number of alkyl halides is 1. The second-order valence-corrected chi connectivity index (χ2v) is 7.24. The Balaban J connectivity index is 2.30. The van der Waals surface area contributed by atoms with Crippen molar-refractivity contribution in [1.29, 1.82) is 0 Å². The van der Waals surface area contributed by atoms with Crippen molar-refractivity contribution in [1.82, 2.24) is 19.4 Å². The van der Waals surface area contributed by atoms with Gasteiger partial charge in [-0.25, -0.2) is 8.42 Å². The molecule has 2 heterocycles. The largest absolute Gasteiger partial charge is 0.298 e. The lowest BCUT2D eigenvalue weighted by Crippen LogP contribution is -2.53. The molecule has 0 aromatic carbocycles. The Bertz CT molecular complexity index is 572. The molecule has 1 N–H and O–H groups in total. The lowest BCUT2D eigenvalue weighted by atomic mass is 10.2. The van der Waals surface area contributed by atoms with E-state index in [4.69, 9.17) is 11.6 Å². The molecule has 1 saturated heterocycles. The number of sulfonamides is 1. The first-order chi connectivity index (χ1) is 9.41. The molecule has 20 heavy (non-hydrogen) atoms. The van der Waals surface area contributed by atoms with Gasteiger partial charge in [0.2, 0.25) is 10.0 Å². The predicted octanol–water partition coefficient (Wildman–Crippen LogP) is 1.17. The van der Waals surface area contributed by atoms with E-state index in [1.807, 2.05) is 0 Å². The van der Waals surface area contributed by atoms with Crippen molar-refractivity contribution in [2.24, 2.45) is 0 Å². The van der Waals surface area contributed by atoms with Gasteiger partial charge in [-0.1, -0.05) is 6.92 Å². The Hall–Kier alpha value is -0.630. The van der Waals surface area contributed by atoms with Crippen LogP contribution in [0.1, 0.15) is 25.2 Å². The van der Waals surface area contributed by atoms with Crippen LogP contribution in [0.15, 0.2) is 4.90 Å². The Morgan fingerprint density at radius 2 is 2.15 bits per heavy atom. The Kier molecular flexibility index (Phi) is 4.73. The molecule has 8 heteroatoms. The van der Waals surface area contributed by atoms with Gasteiger partial charge in [-0.3, -0.25) is 10.00 Å². The third kappa shape index (κ3) is 2.72. The molecule has 1 aliphatic heterocycles. The average Bonchev–Trinajstić information content (AvgIpc) is 2.80. The number of aromatic nitrogens is 2. The molecule has 0 saturated carbocycles. The van der Waals surface area contributed by atoms with Crippen LogP contribution in [0, 0.1) is 6.92 Å². The molecule has 0 spiro atoms. The van der Waals surface area contributed by atoms with Crippen molar-refractivity contribution in [3.8, 4) is 0 Å². The fourth-order valence-corrected chi connectivity index (χ4v) is 4.79. The van der Waals surface area contributed by atoms with E-state index in [0.29, 0.717) is 24.5 Å². The predicted molar refractivity (Wildman–Crippen MR) is 78.3 cm³/mol. The van der Waals surface area contributed by atoms with Crippen molar-refractivity contribution in [3.63, 3.8) is 0 Å². The first-order valence-corrected chi connectivity index (χ1v) is 8.73. The molecule has 1 atom stereocenters. The Morgan fingerprint density at radius 1 is 1.45 bits per heavy atom. The quantitative estimate of drug-likeness (QED) is 0.846. The second kappa shape index (κ2) is 6.01. The third-order valence-electron chi connectivity index (χ3n) is 3.82.